The van der Waals surface area contributed by atoms with E-state index in [0.717, 1.165) is 30.4 Å². The molecule has 0 spiro atoms. The second-order valence-electron chi connectivity index (χ2n) is 7.97. The molecule has 0 unspecified atom stereocenters. The van der Waals surface area contributed by atoms with Gasteiger partial charge in [-0.1, -0.05) is 60.7 Å². The van der Waals surface area contributed by atoms with E-state index >= 15 is 0 Å². The smallest absolute Gasteiger partial charge is 0.287 e. The molecule has 4 heteroatoms. The van der Waals surface area contributed by atoms with Crippen molar-refractivity contribution in [2.45, 2.75) is 38.3 Å². The summed E-state index contributed by atoms with van der Waals surface area (Å²) in [6.45, 7) is 2.01. The molecular formula is C26H29N2O2+. The summed E-state index contributed by atoms with van der Waals surface area (Å²) in [4.78, 5) is 13.5. The third kappa shape index (κ3) is 4.39. The fourth-order valence-electron chi connectivity index (χ4n) is 4.36. The zero-order valence-electron chi connectivity index (χ0n) is 17.6. The van der Waals surface area contributed by atoms with Crippen LogP contribution in [-0.4, -0.2) is 13.0 Å². The lowest BCUT2D eigenvalue weighted by molar-refractivity contribution is -0.723. The number of carbonyl (C=O) groups is 1. The molecule has 4 rings (SSSR count). The number of rotatable bonds is 6. The van der Waals surface area contributed by atoms with Crippen molar-refractivity contribution in [3.05, 3.63) is 95.1 Å². The number of carbonyl (C=O) groups excluding carboxylic acids is 1. The number of nitrogens with one attached hydrogen (secondary N) is 1. The Bertz CT molecular complexity index is 1020. The maximum Gasteiger partial charge on any atom is 0.287 e. The molecule has 3 N–H and O–H groups in total. The molecule has 2 atom stereocenters. The number of anilines is 1. The molecule has 4 nitrogen and oxygen atoms in total. The zero-order chi connectivity index (χ0) is 20.9. The summed E-state index contributed by atoms with van der Waals surface area (Å²) in [7, 11) is 1.63. The van der Waals surface area contributed by atoms with E-state index in [9.17, 15) is 4.79 Å². The number of amides is 1. The lowest BCUT2D eigenvalue weighted by Gasteiger charge is -2.27. The maximum atomic E-state index is 13.5. The third-order valence-electron chi connectivity index (χ3n) is 5.89. The standard InChI is InChI=1S/C26H28N2O2/c1-18-15-16-24(30-2)23(17-18)28-26(29)25(20-10-4-3-5-11-20)27-22-14-8-12-19-9-6-7-13-21(19)22/h3-7,9-11,13,15-17,22,25,27H,8,12,14H2,1-2H3,(H,28,29)/p+1/t22-,25+/m0/s1. The first-order chi connectivity index (χ1) is 14.7. The molecule has 1 amide bonds. The van der Waals surface area contributed by atoms with Crippen LogP contribution in [0.2, 0.25) is 0 Å². The third-order valence-corrected chi connectivity index (χ3v) is 5.89. The van der Waals surface area contributed by atoms with Crippen LogP contribution < -0.4 is 15.4 Å². The van der Waals surface area contributed by atoms with E-state index in [4.69, 9.17) is 4.74 Å². The quantitative estimate of drug-likeness (QED) is 0.646. The topological polar surface area (TPSA) is 54.9 Å². The summed E-state index contributed by atoms with van der Waals surface area (Å²) < 4.78 is 5.46. The minimum absolute atomic E-state index is 0.0341. The number of fused-ring (bicyclic) bond motifs is 1. The van der Waals surface area contributed by atoms with Gasteiger partial charge < -0.3 is 15.4 Å². The first kappa shape index (κ1) is 20.2. The monoisotopic (exact) mass is 401 g/mol. The predicted octanol–water partition coefficient (Wildman–Crippen LogP) is 4.32. The van der Waals surface area contributed by atoms with Gasteiger partial charge in [0.05, 0.1) is 12.8 Å². The Morgan fingerprint density at radius 2 is 1.83 bits per heavy atom. The first-order valence-electron chi connectivity index (χ1n) is 10.6. The van der Waals surface area contributed by atoms with Crippen LogP contribution in [-0.2, 0) is 11.2 Å². The van der Waals surface area contributed by atoms with E-state index in [0.29, 0.717) is 11.4 Å². The van der Waals surface area contributed by atoms with Crippen molar-refractivity contribution in [3.63, 3.8) is 0 Å². The van der Waals surface area contributed by atoms with Crippen molar-refractivity contribution < 1.29 is 14.8 Å². The highest BCUT2D eigenvalue weighted by Gasteiger charge is 2.31. The number of benzene rings is 3. The molecule has 3 aromatic carbocycles. The van der Waals surface area contributed by atoms with Gasteiger partial charge >= 0.3 is 0 Å². The van der Waals surface area contributed by atoms with Gasteiger partial charge in [-0.25, -0.2) is 0 Å². The molecule has 0 saturated heterocycles. The fourth-order valence-corrected chi connectivity index (χ4v) is 4.36. The van der Waals surface area contributed by atoms with Gasteiger partial charge in [0.25, 0.3) is 5.91 Å². The molecule has 0 fully saturated rings. The minimum atomic E-state index is -0.340. The second kappa shape index (κ2) is 9.14. The molecule has 1 aliphatic rings. The predicted molar refractivity (Wildman–Crippen MR) is 120 cm³/mol. The van der Waals surface area contributed by atoms with Gasteiger partial charge in [-0.15, -0.1) is 0 Å². The van der Waals surface area contributed by atoms with E-state index in [2.05, 4.69) is 34.9 Å². The summed E-state index contributed by atoms with van der Waals surface area (Å²) in [5, 5.41) is 5.35. The van der Waals surface area contributed by atoms with Crippen molar-refractivity contribution >= 4 is 11.6 Å². The van der Waals surface area contributed by atoms with Gasteiger partial charge in [-0.05, 0) is 43.0 Å². The molecule has 0 aliphatic heterocycles. The highest BCUT2D eigenvalue weighted by atomic mass is 16.5. The van der Waals surface area contributed by atoms with Crippen LogP contribution in [0.4, 0.5) is 5.69 Å². The number of quaternary nitrogens is 1. The molecule has 0 heterocycles. The van der Waals surface area contributed by atoms with E-state index < -0.39 is 0 Å². The summed E-state index contributed by atoms with van der Waals surface area (Å²) >= 11 is 0. The van der Waals surface area contributed by atoms with Crippen molar-refractivity contribution in [2.75, 3.05) is 12.4 Å². The van der Waals surface area contributed by atoms with E-state index in [1.54, 1.807) is 7.11 Å². The molecule has 3 aromatic rings. The first-order valence-corrected chi connectivity index (χ1v) is 10.6. The summed E-state index contributed by atoms with van der Waals surface area (Å²) in [6, 6.07) is 24.4. The number of hydrogen-bond acceptors (Lipinski definition) is 2. The number of ether oxygens (including phenoxy) is 1. The van der Waals surface area contributed by atoms with Crippen molar-refractivity contribution in [1.29, 1.82) is 0 Å². The van der Waals surface area contributed by atoms with Gasteiger partial charge in [0.15, 0.2) is 6.04 Å². The van der Waals surface area contributed by atoms with Crippen LogP contribution in [0.15, 0.2) is 72.8 Å². The highest BCUT2D eigenvalue weighted by molar-refractivity contribution is 5.95. The Kier molecular flexibility index (Phi) is 6.15. The second-order valence-corrected chi connectivity index (χ2v) is 7.97. The lowest BCUT2D eigenvalue weighted by atomic mass is 9.87. The summed E-state index contributed by atoms with van der Waals surface area (Å²) in [5.74, 6) is 0.636. The van der Waals surface area contributed by atoms with Crippen LogP contribution in [0, 0.1) is 6.92 Å². The number of aryl methyl sites for hydroxylation is 2. The molecule has 0 aromatic heterocycles. The SMILES string of the molecule is COc1ccc(C)cc1NC(=O)[C@H]([NH2+][C@H]1CCCc2ccccc21)c1ccccc1. The molecular weight excluding hydrogens is 372 g/mol. The van der Waals surface area contributed by atoms with Gasteiger partial charge in [0, 0.05) is 17.5 Å². The van der Waals surface area contributed by atoms with Gasteiger partial charge in [-0.3, -0.25) is 4.79 Å². The normalized spacial score (nSPS) is 16.4. The molecule has 30 heavy (non-hydrogen) atoms. The number of hydrogen-bond donors (Lipinski definition) is 2. The van der Waals surface area contributed by atoms with E-state index in [-0.39, 0.29) is 18.0 Å². The highest BCUT2D eigenvalue weighted by Crippen LogP contribution is 2.29. The molecule has 0 radical (unpaired) electrons. The Balaban J connectivity index is 1.63. The Labute approximate surface area is 178 Å². The van der Waals surface area contributed by atoms with E-state index in [1.165, 1.54) is 11.1 Å². The maximum absolute atomic E-state index is 13.5. The average molecular weight is 402 g/mol. The van der Waals surface area contributed by atoms with Crippen LogP contribution in [0.1, 0.15) is 47.2 Å². The van der Waals surface area contributed by atoms with Crippen LogP contribution >= 0.6 is 0 Å². The van der Waals surface area contributed by atoms with Crippen molar-refractivity contribution in [2.24, 2.45) is 0 Å². The van der Waals surface area contributed by atoms with Gasteiger partial charge in [-0.2, -0.15) is 0 Å². The van der Waals surface area contributed by atoms with Gasteiger partial charge in [0.1, 0.15) is 11.8 Å². The fraction of sp³-hybridized carbons (Fsp3) is 0.269. The summed E-state index contributed by atoms with van der Waals surface area (Å²) in [6.07, 6.45) is 3.33. The number of nitrogens with two attached hydrogens (primary N) is 1. The van der Waals surface area contributed by atoms with Crippen molar-refractivity contribution in [3.8, 4) is 5.75 Å². The minimum Gasteiger partial charge on any atom is -0.495 e. The van der Waals surface area contributed by atoms with Gasteiger partial charge in [0.2, 0.25) is 0 Å². The number of methoxy groups -OCH3 is 1. The Morgan fingerprint density at radius 3 is 2.63 bits per heavy atom. The summed E-state index contributed by atoms with van der Waals surface area (Å²) in [5.41, 5.74) is 5.54. The molecule has 154 valence electrons. The van der Waals surface area contributed by atoms with Crippen LogP contribution in [0.25, 0.3) is 0 Å². The average Bonchev–Trinajstić information content (AvgIpc) is 2.78. The zero-order valence-corrected chi connectivity index (χ0v) is 17.6. The molecule has 0 bridgehead atoms. The molecule has 1 aliphatic carbocycles. The Hall–Kier alpha value is -3.11. The van der Waals surface area contributed by atoms with Crippen LogP contribution in [0.3, 0.4) is 0 Å². The van der Waals surface area contributed by atoms with E-state index in [1.807, 2.05) is 55.5 Å². The van der Waals surface area contributed by atoms with Crippen molar-refractivity contribution in [1.82, 2.24) is 0 Å². The lowest BCUT2D eigenvalue weighted by Crippen LogP contribution is -2.88. The van der Waals surface area contributed by atoms with Crippen LogP contribution in [0.5, 0.6) is 5.75 Å². The largest absolute Gasteiger partial charge is 0.495 e. The Morgan fingerprint density at radius 1 is 1.07 bits per heavy atom. The molecule has 0 saturated carbocycles.